The Bertz CT molecular complexity index is 3940. The number of hydrogen-bond donors (Lipinski definition) is 0. The lowest BCUT2D eigenvalue weighted by atomic mass is 9.89. The Morgan fingerprint density at radius 3 is 1.33 bits per heavy atom. The number of benzene rings is 9. The largest absolute Gasteiger partial charge is 0.416 e. The van der Waals surface area contributed by atoms with E-state index in [0.29, 0.717) is 33.5 Å². The van der Waals surface area contributed by atoms with Crippen molar-refractivity contribution >= 4 is 49.3 Å². The second-order valence-electron chi connectivity index (χ2n) is 18.8. The van der Waals surface area contributed by atoms with E-state index < -0.39 is 11.7 Å². The quantitative estimate of drug-likeness (QED) is 0.148. The Hall–Kier alpha value is -8.14. The molecule has 9 aromatic carbocycles. The van der Waals surface area contributed by atoms with Crippen LogP contribution in [0, 0.1) is 55.0 Å². The van der Waals surface area contributed by atoms with Crippen molar-refractivity contribution in [2.45, 2.75) is 54.6 Å². The molecule has 0 bridgehead atoms. The van der Waals surface area contributed by atoms with E-state index in [1.807, 2.05) is 60.7 Å². The van der Waals surface area contributed by atoms with E-state index in [0.717, 1.165) is 66.1 Å². The van der Waals surface area contributed by atoms with E-state index in [1.54, 1.807) is 6.92 Å². The number of para-hydroxylation sites is 2. The fourth-order valence-corrected chi connectivity index (χ4v) is 11.4. The molecule has 0 saturated heterocycles. The van der Waals surface area contributed by atoms with Gasteiger partial charge < -0.3 is 9.13 Å². The number of fused-ring (bicyclic) bond motifs is 6. The first-order valence-corrected chi connectivity index (χ1v) is 23.3. The molecule has 0 saturated carbocycles. The highest BCUT2D eigenvalue weighted by atomic mass is 19.4. The molecular formula is C63H48F3N3. The van der Waals surface area contributed by atoms with E-state index >= 15 is 0 Å². The van der Waals surface area contributed by atoms with Crippen LogP contribution in [0.5, 0.6) is 0 Å². The van der Waals surface area contributed by atoms with Crippen molar-refractivity contribution in [3.05, 3.63) is 220 Å². The lowest BCUT2D eigenvalue weighted by Crippen LogP contribution is -2.06. The van der Waals surface area contributed by atoms with Gasteiger partial charge in [-0.25, -0.2) is 4.85 Å². The summed E-state index contributed by atoms with van der Waals surface area (Å²) in [5.41, 5.74) is 19.6. The highest BCUT2D eigenvalue weighted by Crippen LogP contribution is 2.49. The Kier molecular flexibility index (Phi) is 10.2. The van der Waals surface area contributed by atoms with Gasteiger partial charge in [0.05, 0.1) is 39.9 Å². The third-order valence-corrected chi connectivity index (χ3v) is 13.9. The third kappa shape index (κ3) is 7.11. The molecule has 11 aromatic rings. The van der Waals surface area contributed by atoms with Gasteiger partial charge in [-0.1, -0.05) is 114 Å². The summed E-state index contributed by atoms with van der Waals surface area (Å²) >= 11 is 0. The molecule has 2 heterocycles. The minimum absolute atomic E-state index is 0.381. The molecule has 0 aliphatic heterocycles. The van der Waals surface area contributed by atoms with E-state index in [2.05, 4.69) is 147 Å². The number of aryl methyl sites for hydroxylation is 7. The fraction of sp³-hybridized carbons (Fsp3) is 0.127. The molecule has 0 radical (unpaired) electrons. The molecule has 0 unspecified atom stereocenters. The van der Waals surface area contributed by atoms with Crippen LogP contribution < -0.4 is 0 Å². The Morgan fingerprint density at radius 2 is 0.841 bits per heavy atom. The zero-order chi connectivity index (χ0) is 48.0. The summed E-state index contributed by atoms with van der Waals surface area (Å²) in [6, 6.07) is 54.7. The number of hydrogen-bond acceptors (Lipinski definition) is 0. The molecule has 0 spiro atoms. The molecule has 0 atom stereocenters. The Morgan fingerprint density at radius 1 is 0.391 bits per heavy atom. The minimum Gasteiger partial charge on any atom is -0.310 e. The molecule has 11 rings (SSSR count). The molecule has 0 aliphatic rings. The maximum absolute atomic E-state index is 14.8. The van der Waals surface area contributed by atoms with Crippen LogP contribution >= 0.6 is 0 Å². The van der Waals surface area contributed by atoms with Crippen LogP contribution in [0.3, 0.4) is 0 Å². The van der Waals surface area contributed by atoms with Crippen molar-refractivity contribution in [3.8, 4) is 55.9 Å². The Labute approximate surface area is 400 Å². The van der Waals surface area contributed by atoms with E-state index in [4.69, 9.17) is 6.57 Å². The van der Waals surface area contributed by atoms with Gasteiger partial charge in [-0.05, 0) is 170 Å². The summed E-state index contributed by atoms with van der Waals surface area (Å²) in [6.45, 7) is 23.4. The fourth-order valence-electron chi connectivity index (χ4n) is 11.4. The molecule has 2 aromatic heterocycles. The van der Waals surface area contributed by atoms with Gasteiger partial charge in [0.2, 0.25) is 0 Å². The van der Waals surface area contributed by atoms with E-state index in [9.17, 15) is 13.2 Å². The molecule has 336 valence electrons. The number of aromatic nitrogens is 2. The van der Waals surface area contributed by atoms with Crippen molar-refractivity contribution in [2.75, 3.05) is 0 Å². The van der Waals surface area contributed by atoms with Crippen LogP contribution in [-0.4, -0.2) is 9.13 Å². The SMILES string of the molecule is [C-]#[N+]c1cccc(-n2c3ccccc3c3cc(-c4c(C)cc(C)cc4C)ccc32)c1-c1c(-c2cc(C)cc(C(F)(F)F)c2)cccc1-n1c2ccccc2c2cc(-c3c(C)cc(C)cc3C)ccc21. The maximum atomic E-state index is 14.8. The lowest BCUT2D eigenvalue weighted by Gasteiger charge is -2.23. The second-order valence-corrected chi connectivity index (χ2v) is 18.8. The highest BCUT2D eigenvalue weighted by Gasteiger charge is 2.32. The zero-order valence-electron chi connectivity index (χ0n) is 39.6. The number of halogens is 3. The van der Waals surface area contributed by atoms with Gasteiger partial charge in [-0.2, -0.15) is 13.2 Å². The van der Waals surface area contributed by atoms with E-state index in [-0.39, 0.29) is 0 Å². The Balaban J connectivity index is 1.26. The number of rotatable bonds is 6. The summed E-state index contributed by atoms with van der Waals surface area (Å²) in [5.74, 6) is 0. The van der Waals surface area contributed by atoms with Crippen molar-refractivity contribution in [3.63, 3.8) is 0 Å². The lowest BCUT2D eigenvalue weighted by molar-refractivity contribution is -0.137. The van der Waals surface area contributed by atoms with Gasteiger partial charge in [0.1, 0.15) is 0 Å². The number of alkyl halides is 3. The normalized spacial score (nSPS) is 11.9. The molecule has 6 heteroatoms. The van der Waals surface area contributed by atoms with Gasteiger partial charge in [0.15, 0.2) is 5.69 Å². The molecule has 69 heavy (non-hydrogen) atoms. The summed E-state index contributed by atoms with van der Waals surface area (Å²) in [5, 5.41) is 4.19. The summed E-state index contributed by atoms with van der Waals surface area (Å²) < 4.78 is 48.8. The second kappa shape index (κ2) is 16.3. The molecule has 0 amide bonds. The van der Waals surface area contributed by atoms with Crippen molar-refractivity contribution in [1.29, 1.82) is 0 Å². The molecule has 0 aliphatic carbocycles. The summed E-state index contributed by atoms with van der Waals surface area (Å²) in [4.78, 5) is 4.23. The smallest absolute Gasteiger partial charge is 0.310 e. The van der Waals surface area contributed by atoms with Gasteiger partial charge in [0, 0.05) is 38.4 Å². The third-order valence-electron chi connectivity index (χ3n) is 13.9. The highest BCUT2D eigenvalue weighted by molar-refractivity contribution is 6.14. The first-order chi connectivity index (χ1) is 33.2. The van der Waals surface area contributed by atoms with Gasteiger partial charge in [0.25, 0.3) is 0 Å². The van der Waals surface area contributed by atoms with Crippen LogP contribution in [0.1, 0.15) is 44.5 Å². The topological polar surface area (TPSA) is 14.2 Å². The summed E-state index contributed by atoms with van der Waals surface area (Å²) in [7, 11) is 0. The minimum atomic E-state index is -4.58. The maximum Gasteiger partial charge on any atom is 0.416 e. The molecule has 0 fully saturated rings. The number of nitrogens with zero attached hydrogens (tertiary/aromatic N) is 3. The molecule has 3 nitrogen and oxygen atoms in total. The van der Waals surface area contributed by atoms with Crippen LogP contribution in [0.15, 0.2) is 164 Å². The van der Waals surface area contributed by atoms with Crippen LogP contribution in [0.4, 0.5) is 18.9 Å². The van der Waals surface area contributed by atoms with Crippen LogP contribution in [0.25, 0.3) is 104 Å². The van der Waals surface area contributed by atoms with Gasteiger partial charge >= 0.3 is 6.18 Å². The first kappa shape index (κ1) is 43.4. The molecular weight excluding hydrogens is 856 g/mol. The van der Waals surface area contributed by atoms with Crippen molar-refractivity contribution in [2.24, 2.45) is 0 Å². The van der Waals surface area contributed by atoms with Crippen molar-refractivity contribution < 1.29 is 13.2 Å². The first-order valence-electron chi connectivity index (χ1n) is 23.3. The molecule has 0 N–H and O–H groups in total. The summed E-state index contributed by atoms with van der Waals surface area (Å²) in [6.07, 6.45) is -4.58. The van der Waals surface area contributed by atoms with Gasteiger partial charge in [-0.3, -0.25) is 0 Å². The monoisotopic (exact) mass is 903 g/mol. The average molecular weight is 904 g/mol. The van der Waals surface area contributed by atoms with Gasteiger partial charge in [-0.15, -0.1) is 0 Å². The average Bonchev–Trinajstić information content (AvgIpc) is 3.82. The zero-order valence-corrected chi connectivity index (χ0v) is 39.6. The standard InChI is InChI=1S/C63H48F3N3/c1-36-27-39(4)59(40(5)28-36)43-23-25-55-50(34-43)48-15-9-11-19-53(48)68(55)57-21-13-17-47(45-31-38(3)32-46(33-45)63(64,65)66)61(57)62-52(67-8)18-14-22-58(62)69-54-20-12-10-16-49(54)51-35-44(24-26-56(51)69)60-41(6)29-37(2)30-42(60)7/h9-35H,1-7H3. The van der Waals surface area contributed by atoms with Crippen molar-refractivity contribution in [1.82, 2.24) is 9.13 Å². The van der Waals surface area contributed by atoms with E-state index in [1.165, 1.54) is 56.6 Å². The predicted molar refractivity (Wildman–Crippen MR) is 281 cm³/mol. The predicted octanol–water partition coefficient (Wildman–Crippen LogP) is 18.3. The van der Waals surface area contributed by atoms with Crippen LogP contribution in [-0.2, 0) is 6.18 Å². The van der Waals surface area contributed by atoms with Crippen LogP contribution in [0.2, 0.25) is 0 Å².